The van der Waals surface area contributed by atoms with Crippen LogP contribution < -0.4 is 10.1 Å². The van der Waals surface area contributed by atoms with Crippen LogP contribution in [0.25, 0.3) is 0 Å². The van der Waals surface area contributed by atoms with E-state index in [1.165, 1.54) is 12.5 Å². The number of carboxylic acids is 1. The van der Waals surface area contributed by atoms with Gasteiger partial charge in [-0.2, -0.15) is 0 Å². The van der Waals surface area contributed by atoms with Gasteiger partial charge in [0.15, 0.2) is 0 Å². The van der Waals surface area contributed by atoms with Gasteiger partial charge in [0, 0.05) is 12.7 Å². The van der Waals surface area contributed by atoms with E-state index in [4.69, 9.17) is 9.84 Å². The first kappa shape index (κ1) is 12.8. The number of ether oxygens (including phenoxy) is 1. The zero-order valence-electron chi connectivity index (χ0n) is 10.3. The van der Waals surface area contributed by atoms with E-state index in [0.717, 1.165) is 11.3 Å². The molecular formula is C13H13N3O3. The van der Waals surface area contributed by atoms with Gasteiger partial charge in [-0.1, -0.05) is 12.1 Å². The van der Waals surface area contributed by atoms with Crippen LogP contribution in [0.15, 0.2) is 36.8 Å². The van der Waals surface area contributed by atoms with E-state index in [0.29, 0.717) is 12.4 Å². The van der Waals surface area contributed by atoms with Crippen molar-refractivity contribution in [2.75, 3.05) is 12.4 Å². The Labute approximate surface area is 110 Å². The Hall–Kier alpha value is -2.63. The fourth-order valence-corrected chi connectivity index (χ4v) is 1.60. The van der Waals surface area contributed by atoms with Gasteiger partial charge in [-0.15, -0.1) is 0 Å². The predicted molar refractivity (Wildman–Crippen MR) is 69.3 cm³/mol. The Balaban J connectivity index is 2.12. The molecule has 0 aliphatic carbocycles. The van der Waals surface area contributed by atoms with E-state index in [2.05, 4.69) is 15.3 Å². The van der Waals surface area contributed by atoms with Crippen molar-refractivity contribution in [2.45, 2.75) is 6.54 Å². The van der Waals surface area contributed by atoms with Crippen molar-refractivity contribution in [2.24, 2.45) is 0 Å². The summed E-state index contributed by atoms with van der Waals surface area (Å²) in [4.78, 5) is 18.6. The minimum Gasteiger partial charge on any atom is -0.497 e. The topological polar surface area (TPSA) is 84.3 Å². The molecule has 0 radical (unpaired) electrons. The number of hydrogen-bond acceptors (Lipinski definition) is 5. The van der Waals surface area contributed by atoms with Gasteiger partial charge in [-0.25, -0.2) is 14.8 Å². The number of carbonyl (C=O) groups is 1. The van der Waals surface area contributed by atoms with Gasteiger partial charge in [0.1, 0.15) is 23.5 Å². The molecule has 1 aromatic carbocycles. The van der Waals surface area contributed by atoms with E-state index in [1.54, 1.807) is 7.11 Å². The van der Waals surface area contributed by atoms with Gasteiger partial charge >= 0.3 is 5.97 Å². The summed E-state index contributed by atoms with van der Waals surface area (Å²) in [6.07, 6.45) is 2.57. The molecule has 0 saturated heterocycles. The maximum atomic E-state index is 11.0. The number of aromatic carboxylic acids is 1. The summed E-state index contributed by atoms with van der Waals surface area (Å²) in [5, 5.41) is 12.0. The second-order valence-electron chi connectivity index (χ2n) is 3.80. The monoisotopic (exact) mass is 259 g/mol. The molecule has 0 aliphatic rings. The zero-order chi connectivity index (χ0) is 13.7. The zero-order valence-corrected chi connectivity index (χ0v) is 10.3. The lowest BCUT2D eigenvalue weighted by molar-refractivity contribution is 0.0697. The molecule has 2 N–H and O–H groups in total. The van der Waals surface area contributed by atoms with E-state index in [-0.39, 0.29) is 5.56 Å². The van der Waals surface area contributed by atoms with Crippen molar-refractivity contribution >= 4 is 11.8 Å². The second-order valence-corrected chi connectivity index (χ2v) is 3.80. The molecule has 98 valence electrons. The molecule has 1 heterocycles. The van der Waals surface area contributed by atoms with Gasteiger partial charge in [-0.05, 0) is 17.7 Å². The average molecular weight is 259 g/mol. The minimum atomic E-state index is -1.06. The van der Waals surface area contributed by atoms with Crippen LogP contribution in [0.3, 0.4) is 0 Å². The van der Waals surface area contributed by atoms with E-state index >= 15 is 0 Å². The number of nitrogens with zero attached hydrogens (tertiary/aromatic N) is 2. The summed E-state index contributed by atoms with van der Waals surface area (Å²) in [5.41, 5.74) is 1.01. The lowest BCUT2D eigenvalue weighted by Crippen LogP contribution is -2.08. The van der Waals surface area contributed by atoms with E-state index in [1.807, 2.05) is 24.3 Å². The third-order valence-electron chi connectivity index (χ3n) is 2.54. The third-order valence-corrected chi connectivity index (χ3v) is 2.54. The van der Waals surface area contributed by atoms with Crippen LogP contribution in [0, 0.1) is 0 Å². The van der Waals surface area contributed by atoms with Crippen LogP contribution >= 0.6 is 0 Å². The number of rotatable bonds is 5. The highest BCUT2D eigenvalue weighted by molar-refractivity contribution is 5.92. The van der Waals surface area contributed by atoms with Gasteiger partial charge < -0.3 is 15.2 Å². The van der Waals surface area contributed by atoms with Crippen molar-refractivity contribution in [3.8, 4) is 5.75 Å². The smallest absolute Gasteiger partial charge is 0.341 e. The summed E-state index contributed by atoms with van der Waals surface area (Å²) in [6, 6.07) is 7.50. The molecule has 0 aliphatic heterocycles. The van der Waals surface area contributed by atoms with Crippen molar-refractivity contribution < 1.29 is 14.6 Å². The molecule has 1 aromatic heterocycles. The van der Waals surface area contributed by atoms with Crippen LogP contribution in [-0.2, 0) is 6.54 Å². The Bertz CT molecular complexity index is 587. The van der Waals surface area contributed by atoms with E-state index in [9.17, 15) is 4.79 Å². The summed E-state index contributed by atoms with van der Waals surface area (Å²) in [7, 11) is 1.60. The van der Waals surface area contributed by atoms with Crippen molar-refractivity contribution in [1.82, 2.24) is 9.97 Å². The Kier molecular flexibility index (Phi) is 3.92. The molecule has 0 saturated carbocycles. The number of nitrogens with one attached hydrogen (secondary N) is 1. The fraction of sp³-hybridized carbons (Fsp3) is 0.154. The highest BCUT2D eigenvalue weighted by Gasteiger charge is 2.10. The first-order valence-corrected chi connectivity index (χ1v) is 5.61. The number of methoxy groups -OCH3 is 1. The Morgan fingerprint density at radius 3 is 3.05 bits per heavy atom. The maximum absolute atomic E-state index is 11.0. The summed E-state index contributed by atoms with van der Waals surface area (Å²) >= 11 is 0. The molecular weight excluding hydrogens is 246 g/mol. The lowest BCUT2D eigenvalue weighted by atomic mass is 10.2. The number of benzene rings is 1. The number of anilines is 1. The highest BCUT2D eigenvalue weighted by Crippen LogP contribution is 2.15. The second kappa shape index (κ2) is 5.81. The van der Waals surface area contributed by atoms with E-state index < -0.39 is 5.97 Å². The van der Waals surface area contributed by atoms with Crippen molar-refractivity contribution in [1.29, 1.82) is 0 Å². The van der Waals surface area contributed by atoms with Gasteiger partial charge in [0.2, 0.25) is 0 Å². The molecule has 2 rings (SSSR count). The maximum Gasteiger partial charge on any atom is 0.341 e. The van der Waals surface area contributed by atoms with Crippen molar-refractivity contribution in [3.63, 3.8) is 0 Å². The number of hydrogen-bond donors (Lipinski definition) is 2. The lowest BCUT2D eigenvalue weighted by Gasteiger charge is -2.08. The molecule has 0 unspecified atom stereocenters. The first-order chi connectivity index (χ1) is 9.20. The standard InChI is InChI=1S/C13H13N3O3/c1-19-10-4-2-3-9(5-10)6-15-12-11(13(17)18)7-14-8-16-12/h2-5,7-8H,6H2,1H3,(H,17,18)(H,14,15,16). The normalized spacial score (nSPS) is 9.95. The Morgan fingerprint density at radius 1 is 1.47 bits per heavy atom. The molecule has 2 aromatic rings. The van der Waals surface area contributed by atoms with Gasteiger partial charge in [0.25, 0.3) is 0 Å². The van der Waals surface area contributed by atoms with Crippen LogP contribution in [0.1, 0.15) is 15.9 Å². The molecule has 0 atom stereocenters. The number of aromatic nitrogens is 2. The van der Waals surface area contributed by atoms with Gasteiger partial charge in [0.05, 0.1) is 7.11 Å². The summed E-state index contributed by atoms with van der Waals surface area (Å²) < 4.78 is 5.12. The summed E-state index contributed by atoms with van der Waals surface area (Å²) in [6.45, 7) is 0.453. The van der Waals surface area contributed by atoms with Crippen LogP contribution in [0.4, 0.5) is 5.82 Å². The molecule has 0 bridgehead atoms. The van der Waals surface area contributed by atoms with Crippen molar-refractivity contribution in [3.05, 3.63) is 47.9 Å². The van der Waals surface area contributed by atoms with Gasteiger partial charge in [-0.3, -0.25) is 0 Å². The molecule has 0 fully saturated rings. The molecule has 6 heteroatoms. The third kappa shape index (κ3) is 3.19. The quantitative estimate of drug-likeness (QED) is 0.851. The van der Waals surface area contributed by atoms with Crippen LogP contribution in [0.5, 0.6) is 5.75 Å². The molecule has 19 heavy (non-hydrogen) atoms. The fourth-order valence-electron chi connectivity index (χ4n) is 1.60. The minimum absolute atomic E-state index is 0.0467. The SMILES string of the molecule is COc1cccc(CNc2ncncc2C(=O)O)c1. The first-order valence-electron chi connectivity index (χ1n) is 5.61. The largest absolute Gasteiger partial charge is 0.497 e. The average Bonchev–Trinajstić information content (AvgIpc) is 2.45. The Morgan fingerprint density at radius 2 is 2.32 bits per heavy atom. The van der Waals surface area contributed by atoms with Crippen LogP contribution in [0.2, 0.25) is 0 Å². The molecule has 0 amide bonds. The summed E-state index contributed by atoms with van der Waals surface area (Å²) in [5.74, 6) is -0.0143. The highest BCUT2D eigenvalue weighted by atomic mass is 16.5. The molecule has 6 nitrogen and oxygen atoms in total. The number of carboxylic acid groups (broad SMARTS) is 1. The predicted octanol–water partition coefficient (Wildman–Crippen LogP) is 1.80. The molecule has 0 spiro atoms. The van der Waals surface area contributed by atoms with Crippen LogP contribution in [-0.4, -0.2) is 28.2 Å².